The minimum absolute atomic E-state index is 0.0156. The molecule has 0 aliphatic carbocycles. The van der Waals surface area contributed by atoms with E-state index >= 15 is 0 Å². The van der Waals surface area contributed by atoms with Crippen molar-refractivity contribution in [2.24, 2.45) is 0 Å². The van der Waals surface area contributed by atoms with Crippen molar-refractivity contribution in [2.75, 3.05) is 10.6 Å². The number of nitriles is 1. The number of carbonyl (C=O) groups excluding carboxylic acids is 1. The van der Waals surface area contributed by atoms with Crippen LogP contribution in [0, 0.1) is 17.1 Å². The number of benzene rings is 2. The molecule has 0 spiro atoms. The Kier molecular flexibility index (Phi) is 4.31. The van der Waals surface area contributed by atoms with Gasteiger partial charge in [0.15, 0.2) is 0 Å². The van der Waals surface area contributed by atoms with E-state index in [1.54, 1.807) is 12.1 Å². The van der Waals surface area contributed by atoms with Gasteiger partial charge in [-0.1, -0.05) is 18.2 Å². The van der Waals surface area contributed by atoms with Gasteiger partial charge in [0.2, 0.25) is 5.91 Å². The Labute approximate surface area is 144 Å². The Bertz CT molecular complexity index is 1010. The summed E-state index contributed by atoms with van der Waals surface area (Å²) in [6, 6.07) is 15.2. The van der Waals surface area contributed by atoms with Crippen LogP contribution in [0.15, 0.2) is 48.5 Å². The maximum atomic E-state index is 14.3. The van der Waals surface area contributed by atoms with Crippen molar-refractivity contribution in [3.8, 4) is 6.07 Å². The zero-order valence-electron chi connectivity index (χ0n) is 13.5. The highest BCUT2D eigenvalue weighted by Crippen LogP contribution is 2.26. The Morgan fingerprint density at radius 1 is 1.28 bits per heavy atom. The van der Waals surface area contributed by atoms with Crippen LogP contribution in [0.2, 0.25) is 0 Å². The van der Waals surface area contributed by atoms with Crippen LogP contribution in [0.1, 0.15) is 18.1 Å². The number of nitrogens with zero attached hydrogens (tertiary/aromatic N) is 3. The molecule has 5 nitrogen and oxygen atoms in total. The van der Waals surface area contributed by atoms with E-state index in [4.69, 9.17) is 5.73 Å². The number of amides is 1. The van der Waals surface area contributed by atoms with Gasteiger partial charge in [-0.15, -0.1) is 0 Å². The Balaban J connectivity index is 2.04. The molecule has 0 bridgehead atoms. The zero-order valence-corrected chi connectivity index (χ0v) is 13.5. The van der Waals surface area contributed by atoms with Crippen molar-refractivity contribution in [3.05, 3.63) is 65.5 Å². The molecule has 6 heteroatoms. The van der Waals surface area contributed by atoms with Crippen LogP contribution in [0.3, 0.4) is 0 Å². The van der Waals surface area contributed by atoms with E-state index in [2.05, 4.69) is 4.98 Å². The number of fused-ring (bicyclic) bond motifs is 1. The van der Waals surface area contributed by atoms with E-state index in [1.165, 1.54) is 30.0 Å². The van der Waals surface area contributed by atoms with E-state index < -0.39 is 5.82 Å². The van der Waals surface area contributed by atoms with E-state index in [1.807, 2.05) is 24.3 Å². The number of nitrogens with two attached hydrogens (primary N) is 1. The number of anilines is 2. The van der Waals surface area contributed by atoms with Gasteiger partial charge in [0.05, 0.1) is 23.3 Å². The van der Waals surface area contributed by atoms with Crippen molar-refractivity contribution in [1.82, 2.24) is 4.98 Å². The number of halogens is 1. The van der Waals surface area contributed by atoms with Crippen molar-refractivity contribution < 1.29 is 9.18 Å². The minimum Gasteiger partial charge on any atom is -0.384 e. The van der Waals surface area contributed by atoms with E-state index in [9.17, 15) is 14.4 Å². The van der Waals surface area contributed by atoms with Crippen molar-refractivity contribution >= 4 is 28.3 Å². The molecule has 0 radical (unpaired) electrons. The highest BCUT2D eigenvalue weighted by Gasteiger charge is 2.20. The smallest absolute Gasteiger partial charge is 0.224 e. The summed E-state index contributed by atoms with van der Waals surface area (Å²) in [5, 5.41) is 10.1. The second-order valence-electron chi connectivity index (χ2n) is 5.62. The Morgan fingerprint density at radius 3 is 2.76 bits per heavy atom. The highest BCUT2D eigenvalue weighted by atomic mass is 19.1. The molecule has 0 atom stereocenters. The molecule has 124 valence electrons. The normalized spacial score (nSPS) is 10.4. The molecule has 0 unspecified atom stereocenters. The molecular weight excluding hydrogens is 319 g/mol. The quantitative estimate of drug-likeness (QED) is 0.796. The number of carbonyl (C=O) groups is 1. The van der Waals surface area contributed by atoms with Gasteiger partial charge in [-0.25, -0.2) is 9.37 Å². The lowest BCUT2D eigenvalue weighted by Gasteiger charge is -2.23. The third-order valence-corrected chi connectivity index (χ3v) is 3.88. The molecule has 3 rings (SSSR count). The summed E-state index contributed by atoms with van der Waals surface area (Å²) in [4.78, 5) is 17.6. The largest absolute Gasteiger partial charge is 0.384 e. The summed E-state index contributed by atoms with van der Waals surface area (Å²) in [5.74, 6) is -0.575. The molecule has 0 saturated carbocycles. The average molecular weight is 334 g/mol. The summed E-state index contributed by atoms with van der Waals surface area (Å²) in [6.45, 7) is 1.46. The Morgan fingerprint density at radius 2 is 2.04 bits per heavy atom. The number of hydrogen-bond acceptors (Lipinski definition) is 4. The van der Waals surface area contributed by atoms with Crippen molar-refractivity contribution in [3.63, 3.8) is 0 Å². The van der Waals surface area contributed by atoms with Gasteiger partial charge in [0.1, 0.15) is 17.7 Å². The zero-order chi connectivity index (χ0) is 18.0. The summed E-state index contributed by atoms with van der Waals surface area (Å²) >= 11 is 0. The molecule has 0 fully saturated rings. The summed E-state index contributed by atoms with van der Waals surface area (Å²) < 4.78 is 14.3. The van der Waals surface area contributed by atoms with E-state index in [0.717, 1.165) is 10.9 Å². The second kappa shape index (κ2) is 6.57. The van der Waals surface area contributed by atoms with Crippen LogP contribution in [0.4, 0.5) is 15.9 Å². The third kappa shape index (κ3) is 3.26. The fraction of sp³-hybridized carbons (Fsp3) is 0.105. The molecular formula is C19H15FN4O. The van der Waals surface area contributed by atoms with Gasteiger partial charge < -0.3 is 10.6 Å². The van der Waals surface area contributed by atoms with Gasteiger partial charge in [-0.05, 0) is 35.9 Å². The number of nitrogen functional groups attached to an aromatic ring is 1. The molecule has 25 heavy (non-hydrogen) atoms. The predicted molar refractivity (Wildman–Crippen MR) is 94.1 cm³/mol. The third-order valence-electron chi connectivity index (χ3n) is 3.88. The van der Waals surface area contributed by atoms with Gasteiger partial charge in [0.25, 0.3) is 0 Å². The average Bonchev–Trinajstić information content (AvgIpc) is 2.59. The second-order valence-corrected chi connectivity index (χ2v) is 5.62. The van der Waals surface area contributed by atoms with Crippen LogP contribution in [-0.4, -0.2) is 10.9 Å². The van der Waals surface area contributed by atoms with Crippen LogP contribution < -0.4 is 10.6 Å². The SMILES string of the molecule is CC(=O)N(Cc1ccc2ccc(N)nc2c1)c1c(F)cccc1C#N. The molecule has 0 aliphatic rings. The van der Waals surface area contributed by atoms with Crippen LogP contribution in [-0.2, 0) is 11.3 Å². The Hall–Kier alpha value is -3.46. The van der Waals surface area contributed by atoms with Gasteiger partial charge in [-0.3, -0.25) is 4.79 Å². The molecule has 1 heterocycles. The molecule has 0 aliphatic heterocycles. The summed E-state index contributed by atoms with van der Waals surface area (Å²) in [6.07, 6.45) is 0. The number of pyridine rings is 1. The number of aromatic nitrogens is 1. The lowest BCUT2D eigenvalue weighted by Crippen LogP contribution is -2.29. The summed E-state index contributed by atoms with van der Waals surface area (Å²) in [7, 11) is 0. The maximum Gasteiger partial charge on any atom is 0.224 e. The molecule has 1 aromatic heterocycles. The topological polar surface area (TPSA) is 83.0 Å². The van der Waals surface area contributed by atoms with Gasteiger partial charge >= 0.3 is 0 Å². The number of hydrogen-bond donors (Lipinski definition) is 1. The van der Waals surface area contributed by atoms with E-state index in [-0.39, 0.29) is 23.7 Å². The lowest BCUT2D eigenvalue weighted by atomic mass is 10.1. The van der Waals surface area contributed by atoms with Gasteiger partial charge in [0, 0.05) is 12.3 Å². The molecule has 2 N–H and O–H groups in total. The predicted octanol–water partition coefficient (Wildman–Crippen LogP) is 3.38. The molecule has 3 aromatic rings. The fourth-order valence-corrected chi connectivity index (χ4v) is 2.69. The number of rotatable bonds is 3. The lowest BCUT2D eigenvalue weighted by molar-refractivity contribution is -0.116. The fourth-order valence-electron chi connectivity index (χ4n) is 2.69. The first-order valence-electron chi connectivity index (χ1n) is 7.61. The van der Waals surface area contributed by atoms with Crippen molar-refractivity contribution in [2.45, 2.75) is 13.5 Å². The minimum atomic E-state index is -0.614. The maximum absolute atomic E-state index is 14.3. The first-order valence-corrected chi connectivity index (χ1v) is 7.61. The molecule has 2 aromatic carbocycles. The van der Waals surface area contributed by atoms with Crippen LogP contribution >= 0.6 is 0 Å². The monoisotopic (exact) mass is 334 g/mol. The molecule has 1 amide bonds. The first kappa shape index (κ1) is 16.4. The number of para-hydroxylation sites is 1. The van der Waals surface area contributed by atoms with Gasteiger partial charge in [-0.2, -0.15) is 5.26 Å². The van der Waals surface area contributed by atoms with Crippen LogP contribution in [0.25, 0.3) is 10.9 Å². The summed E-state index contributed by atoms with van der Waals surface area (Å²) in [5.41, 5.74) is 7.25. The van der Waals surface area contributed by atoms with Crippen molar-refractivity contribution in [1.29, 1.82) is 5.26 Å². The molecule has 0 saturated heterocycles. The highest BCUT2D eigenvalue weighted by molar-refractivity contribution is 5.93. The van der Waals surface area contributed by atoms with E-state index in [0.29, 0.717) is 11.3 Å². The standard InChI is InChI=1S/C19H15FN4O/c1-12(25)24(19-15(10-21)3-2-4-16(19)20)11-13-5-6-14-7-8-18(22)23-17(14)9-13/h2-9H,11H2,1H3,(H2,22,23). The first-order chi connectivity index (χ1) is 12.0. The van der Waals surface area contributed by atoms with Crippen LogP contribution in [0.5, 0.6) is 0 Å².